The molecule has 0 saturated carbocycles. The second-order valence-corrected chi connectivity index (χ2v) is 5.09. The first-order chi connectivity index (χ1) is 7.20. The van der Waals surface area contributed by atoms with Gasteiger partial charge in [0.2, 0.25) is 0 Å². The summed E-state index contributed by atoms with van der Waals surface area (Å²) >= 11 is 3.61. The highest BCUT2D eigenvalue weighted by molar-refractivity contribution is 9.09. The summed E-state index contributed by atoms with van der Waals surface area (Å²) in [6, 6.07) is 1.97. The molecule has 1 aromatic rings. The van der Waals surface area contributed by atoms with Crippen LogP contribution in [0, 0.1) is 0 Å². The van der Waals surface area contributed by atoms with Gasteiger partial charge in [-0.05, 0) is 25.8 Å². The van der Waals surface area contributed by atoms with Gasteiger partial charge in [0, 0.05) is 17.4 Å². The molecular formula is C11H14BrNO2. The zero-order valence-corrected chi connectivity index (χ0v) is 10.2. The third-order valence-corrected chi connectivity index (χ3v) is 4.15. The Morgan fingerprint density at radius 3 is 3.13 bits per heavy atom. The van der Waals surface area contributed by atoms with Crippen molar-refractivity contribution in [2.75, 3.05) is 6.54 Å². The van der Waals surface area contributed by atoms with Crippen LogP contribution in [0.5, 0.6) is 0 Å². The maximum Gasteiger partial charge on any atom is 0.257 e. The van der Waals surface area contributed by atoms with E-state index in [1.165, 1.54) is 12.5 Å². The van der Waals surface area contributed by atoms with Gasteiger partial charge in [0.1, 0.15) is 6.26 Å². The monoisotopic (exact) mass is 271 g/mol. The predicted molar refractivity (Wildman–Crippen MR) is 61.2 cm³/mol. The highest BCUT2D eigenvalue weighted by Crippen LogP contribution is 2.25. The molecule has 1 fully saturated rings. The van der Waals surface area contributed by atoms with E-state index in [4.69, 9.17) is 4.42 Å². The average molecular weight is 272 g/mol. The number of alkyl halides is 1. The molecule has 1 aromatic heterocycles. The number of carbonyl (C=O) groups excluding carboxylic acids is 1. The Morgan fingerprint density at radius 2 is 2.47 bits per heavy atom. The number of amides is 1. The van der Waals surface area contributed by atoms with Crippen LogP contribution in [0.1, 0.15) is 30.1 Å². The Labute approximate surface area is 97.6 Å². The van der Waals surface area contributed by atoms with Crippen LogP contribution in [0.2, 0.25) is 0 Å². The van der Waals surface area contributed by atoms with Gasteiger partial charge in [-0.1, -0.05) is 15.9 Å². The quantitative estimate of drug-likeness (QED) is 0.736. The van der Waals surface area contributed by atoms with Crippen LogP contribution in [-0.4, -0.2) is 28.2 Å². The lowest BCUT2D eigenvalue weighted by atomic mass is 10.0. The highest BCUT2D eigenvalue weighted by Gasteiger charge is 2.30. The summed E-state index contributed by atoms with van der Waals surface area (Å²) in [7, 11) is 0. The van der Waals surface area contributed by atoms with Gasteiger partial charge in [-0.15, -0.1) is 0 Å². The summed E-state index contributed by atoms with van der Waals surface area (Å²) in [5.74, 6) is 0.0698. The number of hydrogen-bond acceptors (Lipinski definition) is 2. The van der Waals surface area contributed by atoms with E-state index in [1.807, 2.05) is 4.90 Å². The molecule has 1 aliphatic heterocycles. The maximum atomic E-state index is 12.1. The molecule has 0 radical (unpaired) electrons. The van der Waals surface area contributed by atoms with E-state index < -0.39 is 0 Å². The molecule has 1 amide bonds. The summed E-state index contributed by atoms with van der Waals surface area (Å²) in [6.07, 6.45) is 5.24. The van der Waals surface area contributed by atoms with Crippen molar-refractivity contribution in [2.24, 2.45) is 0 Å². The van der Waals surface area contributed by atoms with Gasteiger partial charge in [-0.2, -0.15) is 0 Å². The van der Waals surface area contributed by atoms with Gasteiger partial charge >= 0.3 is 0 Å². The fourth-order valence-corrected chi connectivity index (χ4v) is 2.54. The van der Waals surface area contributed by atoms with Crippen molar-refractivity contribution in [1.82, 2.24) is 4.90 Å². The SMILES string of the molecule is CC1C(Br)CCCN1C(=O)c1ccoc1. The smallest absolute Gasteiger partial charge is 0.257 e. The molecule has 1 saturated heterocycles. The number of carbonyl (C=O) groups is 1. The van der Waals surface area contributed by atoms with E-state index in [0.717, 1.165) is 19.4 Å². The second kappa shape index (κ2) is 4.39. The van der Waals surface area contributed by atoms with Crippen molar-refractivity contribution in [3.8, 4) is 0 Å². The molecule has 15 heavy (non-hydrogen) atoms. The van der Waals surface area contributed by atoms with Crippen molar-refractivity contribution in [1.29, 1.82) is 0 Å². The largest absolute Gasteiger partial charge is 0.472 e. The van der Waals surface area contributed by atoms with Gasteiger partial charge in [-0.3, -0.25) is 4.79 Å². The molecule has 2 heterocycles. The summed E-state index contributed by atoms with van der Waals surface area (Å²) in [5.41, 5.74) is 0.642. The van der Waals surface area contributed by atoms with E-state index in [9.17, 15) is 4.79 Å². The third-order valence-electron chi connectivity index (χ3n) is 2.92. The fraction of sp³-hybridized carbons (Fsp3) is 0.545. The van der Waals surface area contributed by atoms with Crippen LogP contribution in [-0.2, 0) is 0 Å². The van der Waals surface area contributed by atoms with Gasteiger partial charge in [0.15, 0.2) is 0 Å². The van der Waals surface area contributed by atoms with Crippen LogP contribution in [0.4, 0.5) is 0 Å². The van der Waals surface area contributed by atoms with Crippen molar-refractivity contribution >= 4 is 21.8 Å². The Kier molecular flexibility index (Phi) is 3.14. The molecule has 0 aliphatic carbocycles. The van der Waals surface area contributed by atoms with E-state index in [-0.39, 0.29) is 11.9 Å². The van der Waals surface area contributed by atoms with Crippen molar-refractivity contribution < 1.29 is 9.21 Å². The molecule has 0 bridgehead atoms. The summed E-state index contributed by atoms with van der Waals surface area (Å²) in [6.45, 7) is 2.92. The van der Waals surface area contributed by atoms with Crippen LogP contribution in [0.3, 0.4) is 0 Å². The van der Waals surface area contributed by atoms with E-state index in [1.54, 1.807) is 6.07 Å². The number of halogens is 1. The number of rotatable bonds is 1. The zero-order chi connectivity index (χ0) is 10.8. The molecule has 0 N–H and O–H groups in total. The van der Waals surface area contributed by atoms with Gasteiger partial charge in [0.25, 0.3) is 5.91 Å². The van der Waals surface area contributed by atoms with Crippen LogP contribution in [0.15, 0.2) is 23.0 Å². The lowest BCUT2D eigenvalue weighted by molar-refractivity contribution is 0.0646. The summed E-state index contributed by atoms with van der Waals surface area (Å²) in [4.78, 5) is 14.4. The number of piperidine rings is 1. The predicted octanol–water partition coefficient (Wildman–Crippen LogP) is 2.67. The molecule has 2 unspecified atom stereocenters. The second-order valence-electron chi connectivity index (χ2n) is 3.91. The Balaban J connectivity index is 2.13. The van der Waals surface area contributed by atoms with Gasteiger partial charge < -0.3 is 9.32 Å². The first-order valence-electron chi connectivity index (χ1n) is 5.17. The number of likely N-dealkylation sites (tertiary alicyclic amines) is 1. The highest BCUT2D eigenvalue weighted by atomic mass is 79.9. The topological polar surface area (TPSA) is 33.5 Å². The first kappa shape index (κ1) is 10.7. The molecule has 0 spiro atoms. The molecule has 2 rings (SSSR count). The molecule has 2 atom stereocenters. The molecule has 82 valence electrons. The van der Waals surface area contributed by atoms with Crippen LogP contribution in [0.25, 0.3) is 0 Å². The molecule has 3 nitrogen and oxygen atoms in total. The zero-order valence-electron chi connectivity index (χ0n) is 8.65. The third kappa shape index (κ3) is 2.09. The lowest BCUT2D eigenvalue weighted by Gasteiger charge is -2.36. The Morgan fingerprint density at radius 1 is 1.67 bits per heavy atom. The van der Waals surface area contributed by atoms with E-state index in [0.29, 0.717) is 10.4 Å². The summed E-state index contributed by atoms with van der Waals surface area (Å²) in [5, 5.41) is 0. The molecular weight excluding hydrogens is 258 g/mol. The van der Waals surface area contributed by atoms with E-state index in [2.05, 4.69) is 22.9 Å². The van der Waals surface area contributed by atoms with Crippen molar-refractivity contribution in [3.63, 3.8) is 0 Å². The number of furan rings is 1. The molecule has 0 aromatic carbocycles. The van der Waals surface area contributed by atoms with Crippen molar-refractivity contribution in [2.45, 2.75) is 30.6 Å². The normalized spacial score (nSPS) is 26.7. The first-order valence-corrected chi connectivity index (χ1v) is 6.09. The van der Waals surface area contributed by atoms with Gasteiger partial charge in [-0.25, -0.2) is 0 Å². The average Bonchev–Trinajstić information content (AvgIpc) is 2.74. The molecule has 1 aliphatic rings. The number of hydrogen-bond donors (Lipinski definition) is 0. The minimum absolute atomic E-state index is 0.0698. The Hall–Kier alpha value is -0.770. The fourth-order valence-electron chi connectivity index (χ4n) is 1.94. The maximum absolute atomic E-state index is 12.1. The standard InChI is InChI=1S/C11H14BrNO2/c1-8-10(12)3-2-5-13(8)11(14)9-4-6-15-7-9/h4,6-8,10H,2-3,5H2,1H3. The van der Waals surface area contributed by atoms with Gasteiger partial charge in [0.05, 0.1) is 11.8 Å². The lowest BCUT2D eigenvalue weighted by Crippen LogP contribution is -2.47. The Bertz CT molecular complexity index is 336. The minimum Gasteiger partial charge on any atom is -0.472 e. The molecule has 4 heteroatoms. The number of nitrogens with zero attached hydrogens (tertiary/aromatic N) is 1. The summed E-state index contributed by atoms with van der Waals surface area (Å²) < 4.78 is 4.93. The van der Waals surface area contributed by atoms with Crippen LogP contribution < -0.4 is 0 Å². The van der Waals surface area contributed by atoms with E-state index >= 15 is 0 Å². The van der Waals surface area contributed by atoms with Crippen LogP contribution >= 0.6 is 15.9 Å². The van der Waals surface area contributed by atoms with Crippen molar-refractivity contribution in [3.05, 3.63) is 24.2 Å². The minimum atomic E-state index is 0.0698.